The Balaban J connectivity index is 1.45. The molecule has 0 saturated carbocycles. The number of rotatable bonds is 6. The van der Waals surface area contributed by atoms with E-state index in [0.717, 1.165) is 75.1 Å². The average molecular weight is 390 g/mol. The predicted octanol–water partition coefficient (Wildman–Crippen LogP) is 4.22. The first-order chi connectivity index (χ1) is 13.1. The van der Waals surface area contributed by atoms with Gasteiger partial charge in [0, 0.05) is 25.6 Å². The molecule has 6 heteroatoms. The number of hydrogen-bond donors (Lipinski definition) is 0. The zero-order valence-corrected chi connectivity index (χ0v) is 17.6. The minimum absolute atomic E-state index is 0.373. The normalized spacial score (nSPS) is 21.6. The van der Waals surface area contributed by atoms with Crippen molar-refractivity contribution in [1.82, 2.24) is 9.97 Å². The van der Waals surface area contributed by atoms with Gasteiger partial charge in [0.2, 0.25) is 0 Å². The number of piperidine rings is 1. The largest absolute Gasteiger partial charge is 0.381 e. The minimum atomic E-state index is 0.373. The van der Waals surface area contributed by atoms with Gasteiger partial charge in [0.15, 0.2) is 0 Å². The molecule has 0 aromatic carbocycles. The maximum absolute atomic E-state index is 6.19. The molecule has 0 spiro atoms. The van der Waals surface area contributed by atoms with Crippen LogP contribution < -0.4 is 4.90 Å². The Kier molecular flexibility index (Phi) is 5.95. The summed E-state index contributed by atoms with van der Waals surface area (Å²) in [7, 11) is 0. The Morgan fingerprint density at radius 1 is 1.26 bits per heavy atom. The van der Waals surface area contributed by atoms with Gasteiger partial charge in [-0.05, 0) is 49.5 Å². The molecule has 2 saturated heterocycles. The van der Waals surface area contributed by atoms with Crippen LogP contribution in [0.4, 0.5) is 5.82 Å². The van der Waals surface area contributed by atoms with E-state index in [4.69, 9.17) is 19.4 Å². The second-order valence-corrected chi connectivity index (χ2v) is 9.24. The van der Waals surface area contributed by atoms with Crippen LogP contribution in [0.5, 0.6) is 0 Å². The van der Waals surface area contributed by atoms with Crippen LogP contribution >= 0.6 is 11.3 Å². The summed E-state index contributed by atoms with van der Waals surface area (Å²) in [5.41, 5.74) is 1.40. The standard InChI is InChI=1S/C21H31N3O2S/c1-14(2)10-17-13-27-21-19(17)20(22-15(3)23-21)24-7-4-18(5-8-24)26-12-16-6-9-25-11-16/h13-14,16,18H,4-12H2,1-3H3. The average Bonchev–Trinajstić information content (AvgIpc) is 3.30. The van der Waals surface area contributed by atoms with Gasteiger partial charge in [0.1, 0.15) is 16.5 Å². The summed E-state index contributed by atoms with van der Waals surface area (Å²) in [5.74, 6) is 3.24. The highest BCUT2D eigenvalue weighted by Gasteiger charge is 2.25. The molecule has 4 heterocycles. The van der Waals surface area contributed by atoms with E-state index in [1.54, 1.807) is 11.3 Å². The molecular weight excluding hydrogens is 358 g/mol. The van der Waals surface area contributed by atoms with Crippen LogP contribution in [0.15, 0.2) is 5.38 Å². The Labute approximate surface area is 166 Å². The Morgan fingerprint density at radius 3 is 2.78 bits per heavy atom. The fourth-order valence-corrected chi connectivity index (χ4v) is 5.12. The third kappa shape index (κ3) is 4.44. The van der Waals surface area contributed by atoms with E-state index < -0.39 is 0 Å². The molecule has 2 aliphatic rings. The second kappa shape index (κ2) is 8.41. The summed E-state index contributed by atoms with van der Waals surface area (Å²) in [6, 6.07) is 0. The van der Waals surface area contributed by atoms with Gasteiger partial charge in [-0.2, -0.15) is 0 Å². The van der Waals surface area contributed by atoms with Gasteiger partial charge >= 0.3 is 0 Å². The van der Waals surface area contributed by atoms with Crippen molar-refractivity contribution in [1.29, 1.82) is 0 Å². The second-order valence-electron chi connectivity index (χ2n) is 8.38. The number of nitrogens with zero attached hydrogens (tertiary/aromatic N) is 3. The molecule has 148 valence electrons. The summed E-state index contributed by atoms with van der Waals surface area (Å²) in [6.07, 6.45) is 4.75. The number of hydrogen-bond acceptors (Lipinski definition) is 6. The molecule has 1 atom stereocenters. The zero-order chi connectivity index (χ0) is 18.8. The van der Waals surface area contributed by atoms with Crippen LogP contribution in [0, 0.1) is 18.8 Å². The fourth-order valence-electron chi connectivity index (χ4n) is 4.12. The van der Waals surface area contributed by atoms with Crippen molar-refractivity contribution >= 4 is 27.4 Å². The fraction of sp³-hybridized carbons (Fsp3) is 0.714. The number of anilines is 1. The first kappa shape index (κ1) is 19.1. The SMILES string of the molecule is Cc1nc(N2CCC(OCC3CCOC3)CC2)c2c(CC(C)C)csc2n1. The zero-order valence-electron chi connectivity index (χ0n) is 16.7. The molecule has 2 aromatic heterocycles. The highest BCUT2D eigenvalue weighted by atomic mass is 32.1. The summed E-state index contributed by atoms with van der Waals surface area (Å²) in [4.78, 5) is 13.1. The van der Waals surface area contributed by atoms with Crippen LogP contribution in [0.2, 0.25) is 0 Å². The molecule has 0 N–H and O–H groups in total. The van der Waals surface area contributed by atoms with Crippen LogP contribution in [0.1, 0.15) is 44.5 Å². The summed E-state index contributed by atoms with van der Waals surface area (Å²) in [5, 5.41) is 3.56. The lowest BCUT2D eigenvalue weighted by atomic mass is 10.0. The number of aryl methyl sites for hydroxylation is 1. The van der Waals surface area contributed by atoms with Gasteiger partial charge in [0.05, 0.1) is 24.7 Å². The maximum atomic E-state index is 6.19. The van der Waals surface area contributed by atoms with E-state index in [1.807, 2.05) is 6.92 Å². The highest BCUT2D eigenvalue weighted by Crippen LogP contribution is 2.35. The number of thiophene rings is 1. The monoisotopic (exact) mass is 389 g/mol. The lowest BCUT2D eigenvalue weighted by Crippen LogP contribution is -2.38. The molecule has 0 amide bonds. The van der Waals surface area contributed by atoms with E-state index in [-0.39, 0.29) is 0 Å². The predicted molar refractivity (Wildman–Crippen MR) is 111 cm³/mol. The van der Waals surface area contributed by atoms with Crippen molar-refractivity contribution < 1.29 is 9.47 Å². The number of aromatic nitrogens is 2. The van der Waals surface area contributed by atoms with Crippen LogP contribution in [-0.2, 0) is 15.9 Å². The van der Waals surface area contributed by atoms with Crippen molar-refractivity contribution in [3.63, 3.8) is 0 Å². The molecule has 2 fully saturated rings. The van der Waals surface area contributed by atoms with Crippen molar-refractivity contribution in [2.75, 3.05) is 37.8 Å². The molecule has 0 radical (unpaired) electrons. The minimum Gasteiger partial charge on any atom is -0.381 e. The lowest BCUT2D eigenvalue weighted by molar-refractivity contribution is 0.0131. The highest BCUT2D eigenvalue weighted by molar-refractivity contribution is 7.17. The molecule has 0 bridgehead atoms. The van der Waals surface area contributed by atoms with E-state index in [2.05, 4.69) is 24.1 Å². The number of ether oxygens (including phenoxy) is 2. The molecule has 2 aromatic rings. The Hall–Kier alpha value is -1.24. The summed E-state index contributed by atoms with van der Waals surface area (Å²) < 4.78 is 11.6. The van der Waals surface area contributed by atoms with Gasteiger partial charge in [-0.1, -0.05) is 13.8 Å². The molecule has 2 aliphatic heterocycles. The summed E-state index contributed by atoms with van der Waals surface area (Å²) in [6.45, 7) is 11.2. The quantitative estimate of drug-likeness (QED) is 0.740. The van der Waals surface area contributed by atoms with E-state index in [1.165, 1.54) is 10.9 Å². The van der Waals surface area contributed by atoms with Crippen LogP contribution in [0.3, 0.4) is 0 Å². The third-order valence-electron chi connectivity index (χ3n) is 5.56. The van der Waals surface area contributed by atoms with Crippen molar-refractivity contribution in [3.8, 4) is 0 Å². The first-order valence-electron chi connectivity index (χ1n) is 10.3. The van der Waals surface area contributed by atoms with E-state index in [0.29, 0.717) is 17.9 Å². The Morgan fingerprint density at radius 2 is 2.07 bits per heavy atom. The van der Waals surface area contributed by atoms with Crippen molar-refractivity contribution in [2.24, 2.45) is 11.8 Å². The van der Waals surface area contributed by atoms with Gasteiger partial charge < -0.3 is 14.4 Å². The Bertz CT molecular complexity index is 762. The smallest absolute Gasteiger partial charge is 0.141 e. The topological polar surface area (TPSA) is 47.5 Å². The number of fused-ring (bicyclic) bond motifs is 1. The van der Waals surface area contributed by atoms with Crippen molar-refractivity contribution in [3.05, 3.63) is 16.8 Å². The van der Waals surface area contributed by atoms with Crippen LogP contribution in [-0.4, -0.2) is 49.0 Å². The molecular formula is C21H31N3O2S. The van der Waals surface area contributed by atoms with E-state index in [9.17, 15) is 0 Å². The maximum Gasteiger partial charge on any atom is 0.141 e. The molecule has 0 aliphatic carbocycles. The van der Waals surface area contributed by atoms with Crippen LogP contribution in [0.25, 0.3) is 10.2 Å². The molecule has 27 heavy (non-hydrogen) atoms. The third-order valence-corrected chi connectivity index (χ3v) is 6.48. The van der Waals surface area contributed by atoms with E-state index >= 15 is 0 Å². The van der Waals surface area contributed by atoms with Crippen molar-refractivity contribution in [2.45, 2.75) is 52.6 Å². The molecule has 5 nitrogen and oxygen atoms in total. The van der Waals surface area contributed by atoms with Gasteiger partial charge in [0.25, 0.3) is 0 Å². The van der Waals surface area contributed by atoms with Gasteiger partial charge in [-0.15, -0.1) is 11.3 Å². The lowest BCUT2D eigenvalue weighted by Gasteiger charge is -2.33. The molecule has 1 unspecified atom stereocenters. The first-order valence-corrected chi connectivity index (χ1v) is 11.2. The molecule has 4 rings (SSSR count). The summed E-state index contributed by atoms with van der Waals surface area (Å²) >= 11 is 1.76. The van der Waals surface area contributed by atoms with Gasteiger partial charge in [-0.25, -0.2) is 9.97 Å². The van der Waals surface area contributed by atoms with Gasteiger partial charge in [-0.3, -0.25) is 0 Å².